The Kier molecular flexibility index (Phi) is 4.89. The molecule has 0 atom stereocenters. The smallest absolute Gasteiger partial charge is 0.148 e. The Morgan fingerprint density at radius 2 is 1.90 bits per heavy atom. The van der Waals surface area contributed by atoms with Crippen molar-refractivity contribution in [3.8, 4) is 10.6 Å². The minimum Gasteiger partial charge on any atom is -0.310 e. The number of benzene rings is 1. The first-order chi connectivity index (χ1) is 9.52. The lowest BCUT2D eigenvalue weighted by atomic mass is 9.84. The van der Waals surface area contributed by atoms with Crippen LogP contribution < -0.4 is 5.32 Å². The maximum Gasteiger partial charge on any atom is 0.148 e. The molecule has 1 aromatic heterocycles. The fraction of sp³-hybridized carbons (Fsp3) is 0.500. The van der Waals surface area contributed by atoms with E-state index in [0.29, 0.717) is 0 Å². The molecule has 0 aliphatic rings. The molecule has 20 heavy (non-hydrogen) atoms. The molecule has 0 bridgehead atoms. The zero-order valence-electron chi connectivity index (χ0n) is 12.7. The summed E-state index contributed by atoms with van der Waals surface area (Å²) in [5.74, 6) is 0. The highest BCUT2D eigenvalue weighted by molar-refractivity contribution is 7.14. The first-order valence-electron chi connectivity index (χ1n) is 7.15. The SMILES string of the molecule is CCCNCc1nnc(-c2ccccc2C(C)(C)C)s1. The predicted octanol–water partition coefficient (Wildman–Crippen LogP) is 4.00. The molecule has 4 heteroatoms. The molecule has 0 radical (unpaired) electrons. The molecule has 0 unspecified atom stereocenters. The van der Waals surface area contributed by atoms with Crippen LogP contribution in [0.1, 0.15) is 44.7 Å². The van der Waals surface area contributed by atoms with Crippen LogP contribution in [-0.2, 0) is 12.0 Å². The molecule has 0 saturated heterocycles. The van der Waals surface area contributed by atoms with Gasteiger partial charge in [-0.15, -0.1) is 10.2 Å². The lowest BCUT2D eigenvalue weighted by molar-refractivity contribution is 0.592. The topological polar surface area (TPSA) is 37.8 Å². The molecule has 0 spiro atoms. The Morgan fingerprint density at radius 1 is 1.15 bits per heavy atom. The summed E-state index contributed by atoms with van der Waals surface area (Å²) >= 11 is 1.68. The van der Waals surface area contributed by atoms with Gasteiger partial charge in [-0.1, -0.05) is 63.3 Å². The maximum absolute atomic E-state index is 4.37. The van der Waals surface area contributed by atoms with E-state index in [-0.39, 0.29) is 5.41 Å². The molecule has 0 saturated carbocycles. The molecular formula is C16H23N3S. The van der Waals surface area contributed by atoms with E-state index in [1.54, 1.807) is 11.3 Å². The van der Waals surface area contributed by atoms with Crippen LogP contribution >= 0.6 is 11.3 Å². The standard InChI is InChI=1S/C16H23N3S/c1-5-10-17-11-14-18-19-15(20-14)12-8-6-7-9-13(12)16(2,3)4/h6-9,17H,5,10-11H2,1-4H3. The number of hydrogen-bond donors (Lipinski definition) is 1. The summed E-state index contributed by atoms with van der Waals surface area (Å²) < 4.78 is 0. The van der Waals surface area contributed by atoms with Gasteiger partial charge in [-0.2, -0.15) is 0 Å². The third kappa shape index (κ3) is 3.64. The van der Waals surface area contributed by atoms with Crippen molar-refractivity contribution in [1.29, 1.82) is 0 Å². The van der Waals surface area contributed by atoms with E-state index in [4.69, 9.17) is 0 Å². The van der Waals surface area contributed by atoms with Crippen molar-refractivity contribution < 1.29 is 0 Å². The average Bonchev–Trinajstić information content (AvgIpc) is 2.87. The molecule has 2 rings (SSSR count). The number of rotatable bonds is 5. The van der Waals surface area contributed by atoms with Crippen molar-refractivity contribution in [3.63, 3.8) is 0 Å². The highest BCUT2D eigenvalue weighted by Gasteiger charge is 2.20. The van der Waals surface area contributed by atoms with Gasteiger partial charge in [0.1, 0.15) is 10.0 Å². The number of hydrogen-bond acceptors (Lipinski definition) is 4. The third-order valence-corrected chi connectivity index (χ3v) is 4.09. The maximum atomic E-state index is 4.37. The van der Waals surface area contributed by atoms with E-state index < -0.39 is 0 Å². The van der Waals surface area contributed by atoms with Crippen molar-refractivity contribution >= 4 is 11.3 Å². The first-order valence-corrected chi connectivity index (χ1v) is 7.97. The molecule has 108 valence electrons. The summed E-state index contributed by atoms with van der Waals surface area (Å²) in [5.41, 5.74) is 2.64. The molecule has 0 aliphatic carbocycles. The highest BCUT2D eigenvalue weighted by Crippen LogP contribution is 2.34. The second-order valence-electron chi connectivity index (χ2n) is 5.97. The van der Waals surface area contributed by atoms with Crippen molar-refractivity contribution in [2.75, 3.05) is 6.54 Å². The van der Waals surface area contributed by atoms with Crippen molar-refractivity contribution in [2.45, 2.75) is 46.1 Å². The quantitative estimate of drug-likeness (QED) is 0.845. The minimum atomic E-state index is 0.114. The first kappa shape index (κ1) is 15.1. The third-order valence-electron chi connectivity index (χ3n) is 3.14. The Hall–Kier alpha value is -1.26. The highest BCUT2D eigenvalue weighted by atomic mass is 32.1. The molecule has 0 fully saturated rings. The number of aromatic nitrogens is 2. The van der Waals surface area contributed by atoms with Gasteiger partial charge in [0.15, 0.2) is 0 Å². The summed E-state index contributed by atoms with van der Waals surface area (Å²) in [6.07, 6.45) is 1.14. The van der Waals surface area contributed by atoms with Crippen LogP contribution in [0.5, 0.6) is 0 Å². The number of nitrogens with one attached hydrogen (secondary N) is 1. The zero-order chi connectivity index (χ0) is 14.6. The summed E-state index contributed by atoms with van der Waals surface area (Å²) in [6, 6.07) is 8.49. The van der Waals surface area contributed by atoms with E-state index in [9.17, 15) is 0 Å². The van der Waals surface area contributed by atoms with Gasteiger partial charge in [0.25, 0.3) is 0 Å². The van der Waals surface area contributed by atoms with Gasteiger partial charge in [0.05, 0.1) is 0 Å². The van der Waals surface area contributed by atoms with Gasteiger partial charge in [-0.3, -0.25) is 0 Å². The van der Waals surface area contributed by atoms with Crippen LogP contribution in [0.3, 0.4) is 0 Å². The van der Waals surface area contributed by atoms with Gasteiger partial charge in [0, 0.05) is 12.1 Å². The zero-order valence-corrected chi connectivity index (χ0v) is 13.5. The van der Waals surface area contributed by atoms with E-state index in [1.807, 2.05) is 0 Å². The summed E-state index contributed by atoms with van der Waals surface area (Å²) in [5, 5.41) is 14.1. The van der Waals surface area contributed by atoms with Gasteiger partial charge in [-0.05, 0) is 23.9 Å². The molecule has 3 nitrogen and oxygen atoms in total. The van der Waals surface area contributed by atoms with Crippen molar-refractivity contribution in [1.82, 2.24) is 15.5 Å². The molecule has 0 aliphatic heterocycles. The molecule has 0 amide bonds. The van der Waals surface area contributed by atoms with Crippen molar-refractivity contribution in [3.05, 3.63) is 34.8 Å². The largest absolute Gasteiger partial charge is 0.310 e. The van der Waals surface area contributed by atoms with Crippen LogP contribution in [0, 0.1) is 0 Å². The Morgan fingerprint density at radius 3 is 2.60 bits per heavy atom. The lowest BCUT2D eigenvalue weighted by Crippen LogP contribution is -2.13. The van der Waals surface area contributed by atoms with E-state index in [2.05, 4.69) is 67.5 Å². The molecule has 2 aromatic rings. The molecular weight excluding hydrogens is 266 g/mol. The average molecular weight is 289 g/mol. The van der Waals surface area contributed by atoms with E-state index >= 15 is 0 Å². The van der Waals surface area contributed by atoms with Crippen LogP contribution in [0.15, 0.2) is 24.3 Å². The van der Waals surface area contributed by atoms with Crippen LogP contribution in [0.2, 0.25) is 0 Å². The van der Waals surface area contributed by atoms with Gasteiger partial charge in [-0.25, -0.2) is 0 Å². The second kappa shape index (κ2) is 6.46. The predicted molar refractivity (Wildman–Crippen MR) is 86.0 cm³/mol. The van der Waals surface area contributed by atoms with Gasteiger partial charge >= 0.3 is 0 Å². The normalized spacial score (nSPS) is 11.8. The fourth-order valence-corrected chi connectivity index (χ4v) is 2.98. The van der Waals surface area contributed by atoms with Crippen LogP contribution in [0.25, 0.3) is 10.6 Å². The van der Waals surface area contributed by atoms with Crippen LogP contribution in [0.4, 0.5) is 0 Å². The van der Waals surface area contributed by atoms with E-state index in [0.717, 1.165) is 29.5 Å². The Balaban J connectivity index is 2.24. The number of nitrogens with zero attached hydrogens (tertiary/aromatic N) is 2. The van der Waals surface area contributed by atoms with E-state index in [1.165, 1.54) is 11.1 Å². The van der Waals surface area contributed by atoms with Crippen molar-refractivity contribution in [2.24, 2.45) is 0 Å². The minimum absolute atomic E-state index is 0.114. The summed E-state index contributed by atoms with van der Waals surface area (Å²) in [7, 11) is 0. The molecule has 1 heterocycles. The second-order valence-corrected chi connectivity index (χ2v) is 7.04. The molecule has 1 N–H and O–H groups in total. The Bertz CT molecular complexity index is 555. The summed E-state index contributed by atoms with van der Waals surface area (Å²) in [4.78, 5) is 0. The summed E-state index contributed by atoms with van der Waals surface area (Å²) in [6.45, 7) is 10.7. The van der Waals surface area contributed by atoms with Gasteiger partial charge < -0.3 is 5.32 Å². The van der Waals surface area contributed by atoms with Crippen LogP contribution in [-0.4, -0.2) is 16.7 Å². The fourth-order valence-electron chi connectivity index (χ4n) is 2.13. The van der Waals surface area contributed by atoms with Gasteiger partial charge in [0.2, 0.25) is 0 Å². The molecule has 1 aromatic carbocycles. The lowest BCUT2D eigenvalue weighted by Gasteiger charge is -2.21. The Labute approximate surface area is 125 Å². The monoisotopic (exact) mass is 289 g/mol.